The van der Waals surface area contributed by atoms with E-state index in [9.17, 15) is 18.3 Å². The van der Waals surface area contributed by atoms with E-state index in [1.165, 1.54) is 6.26 Å². The van der Waals surface area contributed by atoms with E-state index < -0.39 is 21.3 Å². The summed E-state index contributed by atoms with van der Waals surface area (Å²) in [6.07, 6.45) is 4.64. The fourth-order valence-corrected chi connectivity index (χ4v) is 5.25. The highest BCUT2D eigenvalue weighted by Crippen LogP contribution is 2.38. The summed E-state index contributed by atoms with van der Waals surface area (Å²) >= 11 is 1.60. The van der Waals surface area contributed by atoms with E-state index >= 15 is 0 Å². The first-order chi connectivity index (χ1) is 9.32. The van der Waals surface area contributed by atoms with Crippen LogP contribution in [0.4, 0.5) is 0 Å². The van der Waals surface area contributed by atoms with Crippen LogP contribution in [0.3, 0.4) is 0 Å². The van der Waals surface area contributed by atoms with Crippen LogP contribution >= 0.6 is 11.8 Å². The molecule has 2 atom stereocenters. The van der Waals surface area contributed by atoms with Gasteiger partial charge in [-0.15, -0.1) is 0 Å². The monoisotopic (exact) mass is 323 g/mol. The van der Waals surface area contributed by atoms with Crippen molar-refractivity contribution in [3.63, 3.8) is 0 Å². The summed E-state index contributed by atoms with van der Waals surface area (Å²) in [6, 6.07) is 0. The minimum absolute atomic E-state index is 0.144. The summed E-state index contributed by atoms with van der Waals surface area (Å²) in [4.78, 5) is 11.6. The van der Waals surface area contributed by atoms with Crippen molar-refractivity contribution in [2.75, 3.05) is 30.1 Å². The van der Waals surface area contributed by atoms with Crippen LogP contribution in [0.1, 0.15) is 32.6 Å². The number of rotatable bonds is 9. The molecule has 2 N–H and O–H groups in total. The van der Waals surface area contributed by atoms with Crippen LogP contribution in [0, 0.1) is 5.92 Å². The Hall–Kier alpha value is -0.270. The Morgan fingerprint density at radius 2 is 2.15 bits per heavy atom. The highest BCUT2D eigenvalue weighted by atomic mass is 32.2. The Morgan fingerprint density at radius 3 is 2.70 bits per heavy atom. The standard InChI is InChI=1S/C13H25NO4S2/c1-3-14-13(12(15)16)7-4-5-11(13)6-8-19-9-10-20(2,17)18/h11,14H,3-10H2,1-2H3,(H,15,16). The van der Waals surface area contributed by atoms with E-state index in [1.54, 1.807) is 11.8 Å². The lowest BCUT2D eigenvalue weighted by Crippen LogP contribution is -2.54. The third-order valence-electron chi connectivity index (χ3n) is 3.90. The van der Waals surface area contributed by atoms with E-state index in [0.29, 0.717) is 18.7 Å². The summed E-state index contributed by atoms with van der Waals surface area (Å²) < 4.78 is 22.1. The van der Waals surface area contributed by atoms with Gasteiger partial charge in [0.15, 0.2) is 0 Å². The normalized spacial score (nSPS) is 26.8. The quantitative estimate of drug-likeness (QED) is 0.624. The van der Waals surface area contributed by atoms with Crippen molar-refractivity contribution in [2.45, 2.75) is 38.1 Å². The van der Waals surface area contributed by atoms with Gasteiger partial charge in [-0.3, -0.25) is 4.79 Å². The minimum Gasteiger partial charge on any atom is -0.480 e. The number of carboxylic acids is 1. The number of carbonyl (C=O) groups is 1. The van der Waals surface area contributed by atoms with Gasteiger partial charge in [-0.2, -0.15) is 11.8 Å². The molecular weight excluding hydrogens is 298 g/mol. The zero-order valence-electron chi connectivity index (χ0n) is 12.2. The van der Waals surface area contributed by atoms with Gasteiger partial charge in [0, 0.05) is 12.0 Å². The molecule has 0 bridgehead atoms. The number of aliphatic carboxylic acids is 1. The summed E-state index contributed by atoms with van der Waals surface area (Å²) in [6.45, 7) is 2.59. The van der Waals surface area contributed by atoms with Crippen molar-refractivity contribution >= 4 is 27.6 Å². The van der Waals surface area contributed by atoms with Gasteiger partial charge in [0.05, 0.1) is 5.75 Å². The molecule has 1 saturated carbocycles. The second-order valence-electron chi connectivity index (χ2n) is 5.43. The molecule has 1 fully saturated rings. The molecule has 7 heteroatoms. The summed E-state index contributed by atoms with van der Waals surface area (Å²) in [7, 11) is -2.90. The molecule has 118 valence electrons. The van der Waals surface area contributed by atoms with Gasteiger partial charge < -0.3 is 10.4 Å². The van der Waals surface area contributed by atoms with Crippen molar-refractivity contribution < 1.29 is 18.3 Å². The average molecular weight is 323 g/mol. The lowest BCUT2D eigenvalue weighted by molar-refractivity contribution is -0.146. The largest absolute Gasteiger partial charge is 0.480 e. The molecule has 20 heavy (non-hydrogen) atoms. The SMILES string of the molecule is CCNC1(C(=O)O)CCCC1CCSCCS(C)(=O)=O. The molecule has 1 aliphatic rings. The number of hydrogen-bond acceptors (Lipinski definition) is 5. The predicted octanol–water partition coefficient (Wildman–Crippen LogP) is 1.39. The number of thioether (sulfide) groups is 1. The van der Waals surface area contributed by atoms with Crippen LogP contribution in [0.5, 0.6) is 0 Å². The number of hydrogen-bond donors (Lipinski definition) is 2. The number of carboxylic acid groups (broad SMARTS) is 1. The van der Waals surface area contributed by atoms with Crippen LogP contribution in [0.15, 0.2) is 0 Å². The number of likely N-dealkylation sites (N-methyl/N-ethyl adjacent to an activating group) is 1. The molecular formula is C13H25NO4S2. The van der Waals surface area contributed by atoms with Crippen LogP contribution in [0.25, 0.3) is 0 Å². The van der Waals surface area contributed by atoms with Crippen molar-refractivity contribution in [3.05, 3.63) is 0 Å². The molecule has 1 rings (SSSR count). The van der Waals surface area contributed by atoms with Gasteiger partial charge in [0.2, 0.25) is 0 Å². The molecule has 2 unspecified atom stereocenters. The van der Waals surface area contributed by atoms with Gasteiger partial charge in [-0.25, -0.2) is 8.42 Å². The molecule has 0 spiro atoms. The van der Waals surface area contributed by atoms with Crippen molar-refractivity contribution in [3.8, 4) is 0 Å². The van der Waals surface area contributed by atoms with Gasteiger partial charge in [-0.1, -0.05) is 13.3 Å². The molecule has 1 aliphatic carbocycles. The maximum absolute atomic E-state index is 11.6. The molecule has 0 saturated heterocycles. The maximum atomic E-state index is 11.6. The van der Waals surface area contributed by atoms with Gasteiger partial charge >= 0.3 is 5.97 Å². The predicted molar refractivity (Wildman–Crippen MR) is 83.0 cm³/mol. The van der Waals surface area contributed by atoms with Crippen molar-refractivity contribution in [2.24, 2.45) is 5.92 Å². The first-order valence-corrected chi connectivity index (χ1v) is 10.3. The zero-order chi connectivity index (χ0) is 15.2. The molecule has 0 aromatic carbocycles. The summed E-state index contributed by atoms with van der Waals surface area (Å²) in [5.41, 5.74) is -0.772. The smallest absolute Gasteiger partial charge is 0.324 e. The lowest BCUT2D eigenvalue weighted by atomic mass is 9.85. The molecule has 0 aromatic rings. The fraction of sp³-hybridized carbons (Fsp3) is 0.923. The van der Waals surface area contributed by atoms with Gasteiger partial charge in [-0.05, 0) is 37.5 Å². The molecule has 0 aliphatic heterocycles. The summed E-state index contributed by atoms with van der Waals surface area (Å²) in [5, 5.41) is 12.7. The molecule has 5 nitrogen and oxygen atoms in total. The number of sulfone groups is 1. The Morgan fingerprint density at radius 1 is 1.45 bits per heavy atom. The molecule has 0 radical (unpaired) electrons. The van der Waals surface area contributed by atoms with Crippen LogP contribution in [-0.4, -0.2) is 55.1 Å². The van der Waals surface area contributed by atoms with Gasteiger partial charge in [0.25, 0.3) is 0 Å². The Balaban J connectivity index is 2.43. The van der Waals surface area contributed by atoms with Crippen LogP contribution in [0.2, 0.25) is 0 Å². The van der Waals surface area contributed by atoms with E-state index in [4.69, 9.17) is 0 Å². The van der Waals surface area contributed by atoms with Crippen molar-refractivity contribution in [1.29, 1.82) is 0 Å². The Labute approximate surface area is 125 Å². The Kier molecular flexibility index (Phi) is 6.81. The maximum Gasteiger partial charge on any atom is 0.324 e. The zero-order valence-corrected chi connectivity index (χ0v) is 13.9. The van der Waals surface area contributed by atoms with E-state index in [1.807, 2.05) is 6.92 Å². The van der Waals surface area contributed by atoms with E-state index in [0.717, 1.165) is 25.0 Å². The van der Waals surface area contributed by atoms with E-state index in [2.05, 4.69) is 5.32 Å². The number of nitrogens with one attached hydrogen (secondary N) is 1. The highest BCUT2D eigenvalue weighted by molar-refractivity contribution is 8.00. The van der Waals surface area contributed by atoms with Gasteiger partial charge in [0.1, 0.15) is 15.4 Å². The second-order valence-corrected chi connectivity index (χ2v) is 8.91. The van der Waals surface area contributed by atoms with Crippen molar-refractivity contribution in [1.82, 2.24) is 5.32 Å². The first kappa shape index (κ1) is 17.8. The molecule has 0 amide bonds. The topological polar surface area (TPSA) is 83.5 Å². The third kappa shape index (κ3) is 4.93. The summed E-state index contributed by atoms with van der Waals surface area (Å²) in [5.74, 6) is 1.00. The first-order valence-electron chi connectivity index (χ1n) is 7.05. The lowest BCUT2D eigenvalue weighted by Gasteiger charge is -2.32. The highest BCUT2D eigenvalue weighted by Gasteiger charge is 2.48. The van der Waals surface area contributed by atoms with Crippen LogP contribution in [-0.2, 0) is 14.6 Å². The Bertz CT molecular complexity index is 424. The second kappa shape index (κ2) is 7.66. The third-order valence-corrected chi connectivity index (χ3v) is 6.12. The fourth-order valence-electron chi connectivity index (χ4n) is 2.91. The average Bonchev–Trinajstić information content (AvgIpc) is 2.72. The van der Waals surface area contributed by atoms with E-state index in [-0.39, 0.29) is 11.7 Å². The minimum atomic E-state index is -2.90. The molecule has 0 heterocycles. The molecule has 0 aromatic heterocycles. The van der Waals surface area contributed by atoms with Crippen LogP contribution < -0.4 is 5.32 Å².